The summed E-state index contributed by atoms with van der Waals surface area (Å²) < 4.78 is 7.63. The molecule has 0 saturated carbocycles. The molecule has 2 atom stereocenters. The lowest BCUT2D eigenvalue weighted by Gasteiger charge is -2.10. The number of rotatable bonds is 6. The standard InChI is InChI=1S/C17H21N3O2S/c1-4-22-12(3)17-18-13(10-23-17)9-20-15-8-6-5-7-14(15)19-16(20)11(2)21/h5-8,10-12,21H,4,9H2,1-3H3/t11-,12-/m1/s1. The molecule has 2 heterocycles. The third-order valence-electron chi connectivity index (χ3n) is 3.71. The first-order valence-electron chi connectivity index (χ1n) is 7.79. The van der Waals surface area contributed by atoms with E-state index in [0.29, 0.717) is 19.0 Å². The minimum absolute atomic E-state index is 0.00881. The maximum absolute atomic E-state index is 10.0. The van der Waals surface area contributed by atoms with E-state index in [0.717, 1.165) is 21.7 Å². The molecule has 0 aliphatic carbocycles. The van der Waals surface area contributed by atoms with Crippen LogP contribution < -0.4 is 0 Å². The number of hydrogen-bond donors (Lipinski definition) is 1. The Hall–Kier alpha value is -1.76. The van der Waals surface area contributed by atoms with Gasteiger partial charge in [0, 0.05) is 12.0 Å². The molecule has 0 unspecified atom stereocenters. The van der Waals surface area contributed by atoms with Crippen molar-refractivity contribution in [3.63, 3.8) is 0 Å². The molecule has 0 radical (unpaired) electrons. The number of imidazole rings is 1. The Balaban J connectivity index is 1.93. The fourth-order valence-electron chi connectivity index (χ4n) is 2.64. The number of hydrogen-bond acceptors (Lipinski definition) is 5. The summed E-state index contributed by atoms with van der Waals surface area (Å²) >= 11 is 1.61. The van der Waals surface area contributed by atoms with Crippen LogP contribution in [-0.4, -0.2) is 26.2 Å². The van der Waals surface area contributed by atoms with Gasteiger partial charge in [-0.3, -0.25) is 0 Å². The lowest BCUT2D eigenvalue weighted by molar-refractivity contribution is 0.0761. The SMILES string of the molecule is CCO[C@H](C)c1nc(Cn2c([C@@H](C)O)nc3ccccc32)cs1. The average molecular weight is 331 g/mol. The van der Waals surface area contributed by atoms with Gasteiger partial charge in [0.2, 0.25) is 0 Å². The third-order valence-corrected chi connectivity index (χ3v) is 4.77. The summed E-state index contributed by atoms with van der Waals surface area (Å²) in [4.78, 5) is 9.22. The van der Waals surface area contributed by atoms with Crippen LogP contribution in [0.1, 0.15) is 49.5 Å². The highest BCUT2D eigenvalue weighted by Crippen LogP contribution is 2.25. The summed E-state index contributed by atoms with van der Waals surface area (Å²) in [5, 5.41) is 13.0. The number of para-hydroxylation sites is 2. The third kappa shape index (κ3) is 3.29. The average Bonchev–Trinajstić information content (AvgIpc) is 3.13. The highest BCUT2D eigenvalue weighted by atomic mass is 32.1. The first kappa shape index (κ1) is 16.1. The molecule has 3 rings (SSSR count). The Morgan fingerprint density at radius 1 is 1.26 bits per heavy atom. The van der Waals surface area contributed by atoms with Crippen LogP contribution in [0, 0.1) is 0 Å². The number of benzene rings is 1. The fourth-order valence-corrected chi connectivity index (χ4v) is 3.46. The van der Waals surface area contributed by atoms with Crippen LogP contribution in [0.3, 0.4) is 0 Å². The number of thiazole rings is 1. The summed E-state index contributed by atoms with van der Waals surface area (Å²) in [5.74, 6) is 0.665. The number of fused-ring (bicyclic) bond motifs is 1. The normalized spacial score (nSPS) is 14.3. The first-order valence-corrected chi connectivity index (χ1v) is 8.67. The molecule has 6 heteroatoms. The van der Waals surface area contributed by atoms with Crippen molar-refractivity contribution in [2.75, 3.05) is 6.61 Å². The van der Waals surface area contributed by atoms with Crippen LogP contribution >= 0.6 is 11.3 Å². The Morgan fingerprint density at radius 2 is 2.04 bits per heavy atom. The predicted molar refractivity (Wildman–Crippen MR) is 91.6 cm³/mol. The molecule has 5 nitrogen and oxygen atoms in total. The van der Waals surface area contributed by atoms with Crippen molar-refractivity contribution in [1.29, 1.82) is 0 Å². The maximum Gasteiger partial charge on any atom is 0.138 e. The maximum atomic E-state index is 10.0. The summed E-state index contributed by atoms with van der Waals surface area (Å²) in [6, 6.07) is 7.91. The molecule has 3 aromatic rings. The van der Waals surface area contributed by atoms with E-state index in [4.69, 9.17) is 4.74 Å². The summed E-state index contributed by atoms with van der Waals surface area (Å²) in [7, 11) is 0. The van der Waals surface area contributed by atoms with Gasteiger partial charge in [-0.05, 0) is 32.9 Å². The molecule has 1 aromatic carbocycles. The van der Waals surface area contributed by atoms with Gasteiger partial charge in [-0.2, -0.15) is 0 Å². The molecule has 0 aliphatic rings. The van der Waals surface area contributed by atoms with E-state index < -0.39 is 6.10 Å². The largest absolute Gasteiger partial charge is 0.385 e. The molecule has 2 aromatic heterocycles. The van der Waals surface area contributed by atoms with Crippen molar-refractivity contribution in [2.24, 2.45) is 0 Å². The zero-order chi connectivity index (χ0) is 16.4. The zero-order valence-electron chi connectivity index (χ0n) is 13.6. The number of aromatic nitrogens is 3. The molecule has 0 fully saturated rings. The number of nitrogens with zero attached hydrogens (tertiary/aromatic N) is 3. The van der Waals surface area contributed by atoms with Crippen LogP contribution in [0.5, 0.6) is 0 Å². The zero-order valence-corrected chi connectivity index (χ0v) is 14.4. The fraction of sp³-hybridized carbons (Fsp3) is 0.412. The second kappa shape index (κ2) is 6.78. The van der Waals surface area contributed by atoms with E-state index in [1.165, 1.54) is 0 Å². The molecular formula is C17H21N3O2S. The van der Waals surface area contributed by atoms with Crippen LogP contribution in [0.4, 0.5) is 0 Å². The quantitative estimate of drug-likeness (QED) is 0.748. The highest BCUT2D eigenvalue weighted by molar-refractivity contribution is 7.09. The van der Waals surface area contributed by atoms with Gasteiger partial charge in [0.25, 0.3) is 0 Å². The van der Waals surface area contributed by atoms with Crippen molar-refractivity contribution in [2.45, 2.75) is 39.5 Å². The Labute approximate surface area is 139 Å². The van der Waals surface area contributed by atoms with E-state index in [1.807, 2.05) is 48.1 Å². The van der Waals surface area contributed by atoms with Gasteiger partial charge < -0.3 is 14.4 Å². The van der Waals surface area contributed by atoms with Crippen molar-refractivity contribution >= 4 is 22.4 Å². The monoisotopic (exact) mass is 331 g/mol. The van der Waals surface area contributed by atoms with Gasteiger partial charge in [-0.15, -0.1) is 11.3 Å². The molecule has 1 N–H and O–H groups in total. The summed E-state index contributed by atoms with van der Waals surface area (Å²) in [6.07, 6.45) is -0.614. The van der Waals surface area contributed by atoms with Crippen LogP contribution in [0.25, 0.3) is 11.0 Å². The highest BCUT2D eigenvalue weighted by Gasteiger charge is 2.17. The van der Waals surface area contributed by atoms with Crippen molar-refractivity contribution in [1.82, 2.24) is 14.5 Å². The molecule has 0 amide bonds. The Morgan fingerprint density at radius 3 is 2.78 bits per heavy atom. The van der Waals surface area contributed by atoms with Gasteiger partial charge in [-0.1, -0.05) is 12.1 Å². The van der Waals surface area contributed by atoms with Crippen LogP contribution in [0.15, 0.2) is 29.6 Å². The number of aliphatic hydroxyl groups excluding tert-OH is 1. The van der Waals surface area contributed by atoms with Crippen molar-refractivity contribution in [3.8, 4) is 0 Å². The lowest BCUT2D eigenvalue weighted by atomic mass is 10.3. The molecule has 0 saturated heterocycles. The number of aliphatic hydroxyl groups is 1. The molecule has 0 aliphatic heterocycles. The predicted octanol–water partition coefficient (Wildman–Crippen LogP) is 3.69. The second-order valence-corrected chi connectivity index (χ2v) is 6.39. The lowest BCUT2D eigenvalue weighted by Crippen LogP contribution is -2.08. The molecule has 122 valence electrons. The van der Waals surface area contributed by atoms with Gasteiger partial charge >= 0.3 is 0 Å². The minimum atomic E-state index is -0.622. The Kier molecular flexibility index (Phi) is 4.75. The van der Waals surface area contributed by atoms with E-state index in [1.54, 1.807) is 18.3 Å². The first-order chi connectivity index (χ1) is 11.1. The molecule has 0 bridgehead atoms. The van der Waals surface area contributed by atoms with Gasteiger partial charge in [0.1, 0.15) is 23.0 Å². The van der Waals surface area contributed by atoms with Crippen LogP contribution in [0.2, 0.25) is 0 Å². The smallest absolute Gasteiger partial charge is 0.138 e. The van der Waals surface area contributed by atoms with E-state index >= 15 is 0 Å². The summed E-state index contributed by atoms with van der Waals surface area (Å²) in [5.41, 5.74) is 2.86. The van der Waals surface area contributed by atoms with E-state index in [2.05, 4.69) is 9.97 Å². The molecule has 23 heavy (non-hydrogen) atoms. The minimum Gasteiger partial charge on any atom is -0.385 e. The van der Waals surface area contributed by atoms with Crippen LogP contribution in [-0.2, 0) is 11.3 Å². The molecule has 0 spiro atoms. The molecular weight excluding hydrogens is 310 g/mol. The van der Waals surface area contributed by atoms with Gasteiger partial charge in [0.15, 0.2) is 0 Å². The van der Waals surface area contributed by atoms with Gasteiger partial charge in [0.05, 0.1) is 23.3 Å². The van der Waals surface area contributed by atoms with Crippen molar-refractivity contribution in [3.05, 3.63) is 46.2 Å². The Bertz CT molecular complexity index is 794. The number of ether oxygens (including phenoxy) is 1. The van der Waals surface area contributed by atoms with E-state index in [9.17, 15) is 5.11 Å². The topological polar surface area (TPSA) is 60.2 Å². The van der Waals surface area contributed by atoms with Gasteiger partial charge in [-0.25, -0.2) is 9.97 Å². The summed E-state index contributed by atoms with van der Waals surface area (Å²) in [6.45, 7) is 7.00. The van der Waals surface area contributed by atoms with Crippen molar-refractivity contribution < 1.29 is 9.84 Å². The second-order valence-electron chi connectivity index (χ2n) is 5.50. The van der Waals surface area contributed by atoms with E-state index in [-0.39, 0.29) is 6.10 Å².